The Morgan fingerprint density at radius 3 is 2.33 bits per heavy atom. The van der Waals surface area contributed by atoms with Crippen molar-refractivity contribution in [1.82, 2.24) is 9.44 Å². The number of carbonyl (C=O) groups is 1. The second-order valence-electron chi connectivity index (χ2n) is 5.51. The molecule has 1 unspecified atom stereocenters. The molecular weight excluding hydrogens is 296 g/mol. The zero-order valence-corrected chi connectivity index (χ0v) is 13.2. The van der Waals surface area contributed by atoms with Gasteiger partial charge >= 0.3 is 16.3 Å². The highest BCUT2D eigenvalue weighted by Crippen LogP contribution is 2.26. The van der Waals surface area contributed by atoms with Crippen LogP contribution in [0, 0.1) is 11.3 Å². The third-order valence-corrected chi connectivity index (χ3v) is 4.30. The van der Waals surface area contributed by atoms with Gasteiger partial charge in [0.2, 0.25) is 0 Å². The van der Waals surface area contributed by atoms with Crippen molar-refractivity contribution < 1.29 is 17.9 Å². The molecule has 0 aromatic rings. The van der Waals surface area contributed by atoms with Gasteiger partial charge in [0.25, 0.3) is 0 Å². The molecule has 1 amide bonds. The van der Waals surface area contributed by atoms with Gasteiger partial charge in [-0.1, -0.05) is 19.3 Å². The van der Waals surface area contributed by atoms with Gasteiger partial charge in [-0.3, -0.25) is 5.41 Å². The van der Waals surface area contributed by atoms with Crippen molar-refractivity contribution in [3.05, 3.63) is 0 Å². The van der Waals surface area contributed by atoms with Crippen molar-refractivity contribution in [3.8, 4) is 0 Å². The van der Waals surface area contributed by atoms with E-state index in [0.717, 1.165) is 32.1 Å². The molecule has 0 aromatic heterocycles. The van der Waals surface area contributed by atoms with Gasteiger partial charge in [-0.2, -0.15) is 13.1 Å². The van der Waals surface area contributed by atoms with Crippen LogP contribution in [0.1, 0.15) is 46.0 Å². The first-order valence-corrected chi connectivity index (χ1v) is 8.54. The Morgan fingerprint density at radius 2 is 1.86 bits per heavy atom. The van der Waals surface area contributed by atoms with Crippen LogP contribution in [0.15, 0.2) is 0 Å². The van der Waals surface area contributed by atoms with Crippen LogP contribution >= 0.6 is 0 Å². The van der Waals surface area contributed by atoms with Gasteiger partial charge in [0.1, 0.15) is 5.84 Å². The smallest absolute Gasteiger partial charge is 0.422 e. The predicted molar refractivity (Wildman–Crippen MR) is 79.1 cm³/mol. The highest BCUT2D eigenvalue weighted by atomic mass is 32.2. The average Bonchev–Trinajstić information content (AvgIpc) is 2.35. The maximum Gasteiger partial charge on any atom is 0.422 e. The summed E-state index contributed by atoms with van der Waals surface area (Å²) in [5.74, 6) is -0.265. The van der Waals surface area contributed by atoms with Gasteiger partial charge in [-0.15, -0.1) is 0 Å². The van der Waals surface area contributed by atoms with Crippen LogP contribution < -0.4 is 15.2 Å². The SMILES string of the molecule is CC(C)OC(=O)NS(=O)(=O)NC(C(=N)N)C1CCCCC1. The second kappa shape index (κ2) is 7.60. The number of nitrogens with two attached hydrogens (primary N) is 1. The molecule has 0 saturated heterocycles. The van der Waals surface area contributed by atoms with E-state index in [-0.39, 0.29) is 11.8 Å². The molecule has 0 aliphatic heterocycles. The van der Waals surface area contributed by atoms with Gasteiger partial charge in [-0.05, 0) is 32.6 Å². The van der Waals surface area contributed by atoms with E-state index >= 15 is 0 Å². The van der Waals surface area contributed by atoms with Gasteiger partial charge in [0.15, 0.2) is 0 Å². The van der Waals surface area contributed by atoms with E-state index < -0.39 is 28.4 Å². The maximum absolute atomic E-state index is 11.9. The average molecular weight is 320 g/mol. The monoisotopic (exact) mass is 320 g/mol. The fourth-order valence-corrected chi connectivity index (χ4v) is 3.41. The van der Waals surface area contributed by atoms with E-state index in [2.05, 4.69) is 4.72 Å². The molecule has 0 aromatic carbocycles. The van der Waals surface area contributed by atoms with Gasteiger partial charge in [0, 0.05) is 0 Å². The Balaban J connectivity index is 2.68. The normalized spacial score (nSPS) is 18.2. The van der Waals surface area contributed by atoms with Crippen LogP contribution in [0.5, 0.6) is 0 Å². The minimum absolute atomic E-state index is 0.0195. The van der Waals surface area contributed by atoms with E-state index in [4.69, 9.17) is 15.9 Å². The maximum atomic E-state index is 11.9. The minimum Gasteiger partial charge on any atom is -0.446 e. The molecule has 1 rings (SSSR count). The van der Waals surface area contributed by atoms with E-state index in [1.54, 1.807) is 18.6 Å². The second-order valence-corrected chi connectivity index (χ2v) is 6.96. The van der Waals surface area contributed by atoms with Crippen molar-refractivity contribution in [3.63, 3.8) is 0 Å². The van der Waals surface area contributed by atoms with Crippen LogP contribution in [-0.4, -0.2) is 32.5 Å². The molecule has 1 atom stereocenters. The number of hydrogen-bond donors (Lipinski definition) is 4. The van der Waals surface area contributed by atoms with E-state index in [0.29, 0.717) is 0 Å². The standard InChI is InChI=1S/C12H24N4O4S/c1-8(2)20-12(17)16-21(18,19)15-10(11(13)14)9-6-4-3-5-7-9/h8-10,15H,3-7H2,1-2H3,(H3,13,14)(H,16,17). The summed E-state index contributed by atoms with van der Waals surface area (Å²) >= 11 is 0. The summed E-state index contributed by atoms with van der Waals surface area (Å²) in [6.07, 6.45) is 3.21. The van der Waals surface area contributed by atoms with Crippen molar-refractivity contribution in [2.75, 3.05) is 0 Å². The number of amidine groups is 1. The number of rotatable bonds is 6. The molecule has 21 heavy (non-hydrogen) atoms. The lowest BCUT2D eigenvalue weighted by Gasteiger charge is -2.29. The highest BCUT2D eigenvalue weighted by Gasteiger charge is 2.30. The van der Waals surface area contributed by atoms with E-state index in [1.165, 1.54) is 0 Å². The first-order chi connectivity index (χ1) is 9.71. The summed E-state index contributed by atoms with van der Waals surface area (Å²) < 4.78 is 32.6. The summed E-state index contributed by atoms with van der Waals surface area (Å²) in [7, 11) is -4.12. The van der Waals surface area contributed by atoms with Crippen molar-refractivity contribution in [1.29, 1.82) is 5.41 Å². The van der Waals surface area contributed by atoms with Crippen molar-refractivity contribution >= 4 is 22.1 Å². The summed E-state index contributed by atoms with van der Waals surface area (Å²) in [6, 6.07) is -0.797. The van der Waals surface area contributed by atoms with Crippen molar-refractivity contribution in [2.24, 2.45) is 11.7 Å². The summed E-state index contributed by atoms with van der Waals surface area (Å²) in [5.41, 5.74) is 5.50. The molecule has 1 fully saturated rings. The molecule has 0 radical (unpaired) electrons. The first kappa shape index (κ1) is 17.7. The summed E-state index contributed by atoms with van der Waals surface area (Å²) in [6.45, 7) is 3.22. The topological polar surface area (TPSA) is 134 Å². The molecule has 0 heterocycles. The molecule has 1 aliphatic carbocycles. The van der Waals surface area contributed by atoms with Crippen LogP contribution in [0.25, 0.3) is 0 Å². The number of amides is 1. The Bertz CT molecular complexity index is 472. The van der Waals surface area contributed by atoms with Gasteiger partial charge < -0.3 is 10.5 Å². The molecule has 1 saturated carbocycles. The number of hydrogen-bond acceptors (Lipinski definition) is 5. The Labute approximate surface area is 125 Å². The van der Waals surface area contributed by atoms with Crippen LogP contribution in [-0.2, 0) is 14.9 Å². The predicted octanol–water partition coefficient (Wildman–Crippen LogP) is 0.840. The highest BCUT2D eigenvalue weighted by molar-refractivity contribution is 7.88. The zero-order chi connectivity index (χ0) is 16.0. The fourth-order valence-electron chi connectivity index (χ4n) is 2.43. The quantitative estimate of drug-likeness (QED) is 0.425. The number of carbonyl (C=O) groups excluding carboxylic acids is 1. The zero-order valence-electron chi connectivity index (χ0n) is 12.4. The van der Waals surface area contributed by atoms with Crippen LogP contribution in [0.4, 0.5) is 4.79 Å². The van der Waals surface area contributed by atoms with Gasteiger partial charge in [0.05, 0.1) is 12.1 Å². The van der Waals surface area contributed by atoms with Gasteiger partial charge in [-0.25, -0.2) is 9.52 Å². The minimum atomic E-state index is -4.12. The lowest BCUT2D eigenvalue weighted by atomic mass is 9.84. The Hall–Kier alpha value is -1.35. The molecule has 1 aliphatic rings. The summed E-state index contributed by atoms with van der Waals surface area (Å²) in [4.78, 5) is 11.4. The first-order valence-electron chi connectivity index (χ1n) is 7.06. The number of nitrogens with one attached hydrogen (secondary N) is 3. The van der Waals surface area contributed by atoms with Crippen LogP contribution in [0.3, 0.4) is 0 Å². The van der Waals surface area contributed by atoms with Crippen molar-refractivity contribution in [2.45, 2.75) is 58.1 Å². The largest absolute Gasteiger partial charge is 0.446 e. The van der Waals surface area contributed by atoms with E-state index in [9.17, 15) is 13.2 Å². The molecule has 0 spiro atoms. The molecule has 5 N–H and O–H groups in total. The Kier molecular flexibility index (Phi) is 6.41. The molecular formula is C12H24N4O4S. The van der Waals surface area contributed by atoms with E-state index in [1.807, 2.05) is 0 Å². The molecule has 122 valence electrons. The molecule has 0 bridgehead atoms. The molecule has 8 nitrogen and oxygen atoms in total. The third-order valence-electron chi connectivity index (χ3n) is 3.30. The number of ether oxygens (including phenoxy) is 1. The lowest BCUT2D eigenvalue weighted by Crippen LogP contribution is -2.53. The Morgan fingerprint density at radius 1 is 1.29 bits per heavy atom. The third kappa shape index (κ3) is 6.30. The molecule has 9 heteroatoms. The fraction of sp³-hybridized carbons (Fsp3) is 0.833. The lowest BCUT2D eigenvalue weighted by molar-refractivity contribution is 0.121. The summed E-state index contributed by atoms with van der Waals surface area (Å²) in [5, 5.41) is 7.57. The van der Waals surface area contributed by atoms with Crippen LogP contribution in [0.2, 0.25) is 0 Å².